The van der Waals surface area contributed by atoms with Gasteiger partial charge in [-0.1, -0.05) is 0 Å². The molecule has 6 nitrogen and oxygen atoms in total. The molecule has 0 saturated carbocycles. The lowest BCUT2D eigenvalue weighted by Crippen LogP contribution is -1.98. The number of aryl methyl sites for hydroxylation is 1. The van der Waals surface area contributed by atoms with E-state index in [9.17, 15) is 0 Å². The van der Waals surface area contributed by atoms with E-state index in [-0.39, 0.29) is 0 Å². The lowest BCUT2D eigenvalue weighted by molar-refractivity contribution is 0.356. The van der Waals surface area contributed by atoms with E-state index >= 15 is 0 Å². The minimum Gasteiger partial charge on any atom is -0.493 e. The first kappa shape index (κ1) is 16.9. The fraction of sp³-hybridized carbons (Fsp3) is 0.143. The number of methoxy groups -OCH3 is 2. The van der Waals surface area contributed by atoms with E-state index in [1.54, 1.807) is 32.9 Å². The van der Waals surface area contributed by atoms with Gasteiger partial charge in [-0.25, -0.2) is 4.98 Å². The molecule has 0 amide bonds. The summed E-state index contributed by atoms with van der Waals surface area (Å²) in [6, 6.07) is 12.1. The largest absolute Gasteiger partial charge is 0.493 e. The van der Waals surface area contributed by atoms with Crippen LogP contribution in [0.2, 0.25) is 0 Å². The average Bonchev–Trinajstić information content (AvgIpc) is 3.21. The normalized spacial score (nSPS) is 10.8. The number of imidazole rings is 1. The molecule has 4 rings (SSSR count). The minimum atomic E-state index is 0.660. The number of nitrogens with zero attached hydrogens (tertiary/aromatic N) is 3. The highest BCUT2D eigenvalue weighted by molar-refractivity contribution is 5.95. The van der Waals surface area contributed by atoms with Gasteiger partial charge in [0, 0.05) is 47.1 Å². The van der Waals surface area contributed by atoms with Gasteiger partial charge in [-0.3, -0.25) is 4.98 Å². The van der Waals surface area contributed by atoms with Gasteiger partial charge in [-0.2, -0.15) is 0 Å². The molecule has 0 aliphatic heterocycles. The van der Waals surface area contributed by atoms with Crippen LogP contribution >= 0.6 is 0 Å². The smallest absolute Gasteiger partial charge is 0.162 e. The summed E-state index contributed by atoms with van der Waals surface area (Å²) in [5.74, 6) is 1.33. The molecule has 1 N–H and O–H groups in total. The summed E-state index contributed by atoms with van der Waals surface area (Å²) in [6.45, 7) is 2.07. The number of rotatable bonds is 5. The molecule has 0 unspecified atom stereocenters. The van der Waals surface area contributed by atoms with Crippen LogP contribution in [0.15, 0.2) is 61.3 Å². The van der Waals surface area contributed by atoms with Gasteiger partial charge < -0.3 is 19.4 Å². The van der Waals surface area contributed by atoms with Crippen molar-refractivity contribution in [2.75, 3.05) is 19.5 Å². The predicted octanol–water partition coefficient (Wildman–Crippen LogP) is 4.49. The molecule has 0 spiro atoms. The number of benzene rings is 2. The van der Waals surface area contributed by atoms with Crippen molar-refractivity contribution in [2.45, 2.75) is 6.92 Å². The van der Waals surface area contributed by atoms with Gasteiger partial charge in [0.25, 0.3) is 0 Å². The molecule has 6 heteroatoms. The van der Waals surface area contributed by atoms with Crippen LogP contribution in [0.25, 0.3) is 16.6 Å². The van der Waals surface area contributed by atoms with Crippen LogP contribution in [0.1, 0.15) is 5.56 Å². The number of ether oxygens (including phenoxy) is 2. The second-order valence-corrected chi connectivity index (χ2v) is 6.24. The Hall–Kier alpha value is -3.54. The first-order chi connectivity index (χ1) is 13.2. The highest BCUT2D eigenvalue weighted by atomic mass is 16.5. The summed E-state index contributed by atoms with van der Waals surface area (Å²) in [6.07, 6.45) is 7.27. The maximum Gasteiger partial charge on any atom is 0.162 e. The third-order valence-electron chi connectivity index (χ3n) is 4.39. The maximum atomic E-state index is 5.45. The van der Waals surface area contributed by atoms with Gasteiger partial charge in [0.1, 0.15) is 0 Å². The summed E-state index contributed by atoms with van der Waals surface area (Å²) < 4.78 is 12.8. The molecule has 0 saturated heterocycles. The highest BCUT2D eigenvalue weighted by Crippen LogP contribution is 2.35. The standard InChI is InChI=1S/C21H20N4O2/c1-14-8-15(10-16(9-14)25-7-6-22-13-25)24-18-4-5-23-19-12-21(27-3)20(26-2)11-17(18)19/h4-13H,1-3H3,(H,23,24). The van der Waals surface area contributed by atoms with Gasteiger partial charge in [0.15, 0.2) is 11.5 Å². The molecule has 2 aromatic heterocycles. The van der Waals surface area contributed by atoms with Gasteiger partial charge in [0.05, 0.1) is 26.1 Å². The van der Waals surface area contributed by atoms with Crippen LogP contribution in [0.3, 0.4) is 0 Å². The van der Waals surface area contributed by atoms with Crippen molar-refractivity contribution < 1.29 is 9.47 Å². The predicted molar refractivity (Wildman–Crippen MR) is 106 cm³/mol. The quantitative estimate of drug-likeness (QED) is 0.568. The van der Waals surface area contributed by atoms with Crippen molar-refractivity contribution in [2.24, 2.45) is 0 Å². The molecule has 2 heterocycles. The number of nitrogens with one attached hydrogen (secondary N) is 1. The zero-order valence-corrected chi connectivity index (χ0v) is 15.4. The van der Waals surface area contributed by atoms with E-state index in [1.165, 1.54) is 0 Å². The van der Waals surface area contributed by atoms with Crippen molar-refractivity contribution in [3.63, 3.8) is 0 Å². The molecule has 0 aliphatic carbocycles. The zero-order valence-electron chi connectivity index (χ0n) is 15.4. The lowest BCUT2D eigenvalue weighted by Gasteiger charge is -2.14. The minimum absolute atomic E-state index is 0.660. The van der Waals surface area contributed by atoms with Crippen molar-refractivity contribution >= 4 is 22.3 Å². The summed E-state index contributed by atoms with van der Waals surface area (Å²) in [5.41, 5.74) is 4.97. The second-order valence-electron chi connectivity index (χ2n) is 6.24. The summed E-state index contributed by atoms with van der Waals surface area (Å²) in [7, 11) is 3.25. The fourth-order valence-electron chi connectivity index (χ4n) is 3.13. The van der Waals surface area contributed by atoms with Crippen molar-refractivity contribution in [3.05, 3.63) is 66.9 Å². The van der Waals surface area contributed by atoms with E-state index in [0.717, 1.165) is 33.5 Å². The molecule has 136 valence electrons. The van der Waals surface area contributed by atoms with Crippen molar-refractivity contribution in [1.29, 1.82) is 0 Å². The lowest BCUT2D eigenvalue weighted by atomic mass is 10.1. The van der Waals surface area contributed by atoms with Gasteiger partial charge in [-0.05, 0) is 42.8 Å². The number of aromatic nitrogens is 3. The van der Waals surface area contributed by atoms with Crippen molar-refractivity contribution in [1.82, 2.24) is 14.5 Å². The molecular weight excluding hydrogens is 340 g/mol. The third-order valence-corrected chi connectivity index (χ3v) is 4.39. The van der Waals surface area contributed by atoms with E-state index in [0.29, 0.717) is 11.5 Å². The molecule has 0 aliphatic rings. The number of pyridine rings is 1. The molecule has 0 fully saturated rings. The average molecular weight is 360 g/mol. The Morgan fingerprint density at radius 3 is 2.52 bits per heavy atom. The Morgan fingerprint density at radius 2 is 1.78 bits per heavy atom. The van der Waals surface area contributed by atoms with Crippen LogP contribution in [0.4, 0.5) is 11.4 Å². The maximum absolute atomic E-state index is 5.45. The SMILES string of the molecule is COc1cc2nccc(Nc3cc(C)cc(-n4ccnc4)c3)c2cc1OC. The molecule has 27 heavy (non-hydrogen) atoms. The van der Waals surface area contributed by atoms with Crippen molar-refractivity contribution in [3.8, 4) is 17.2 Å². The molecule has 0 bridgehead atoms. The van der Waals surface area contributed by atoms with Gasteiger partial charge in [0.2, 0.25) is 0 Å². The Kier molecular flexibility index (Phi) is 4.38. The van der Waals surface area contributed by atoms with Crippen LogP contribution < -0.4 is 14.8 Å². The summed E-state index contributed by atoms with van der Waals surface area (Å²) in [4.78, 5) is 8.58. The van der Waals surface area contributed by atoms with E-state index < -0.39 is 0 Å². The van der Waals surface area contributed by atoms with Crippen LogP contribution in [-0.4, -0.2) is 28.8 Å². The molecule has 4 aromatic rings. The molecule has 0 radical (unpaired) electrons. The number of fused-ring (bicyclic) bond motifs is 1. The van der Waals surface area contributed by atoms with E-state index in [2.05, 4.69) is 40.4 Å². The Bertz CT molecular complexity index is 1090. The van der Waals surface area contributed by atoms with Crippen LogP contribution in [-0.2, 0) is 0 Å². The van der Waals surface area contributed by atoms with Gasteiger partial charge >= 0.3 is 0 Å². The number of anilines is 2. The van der Waals surface area contributed by atoms with Crippen LogP contribution in [0, 0.1) is 6.92 Å². The summed E-state index contributed by atoms with van der Waals surface area (Å²) >= 11 is 0. The highest BCUT2D eigenvalue weighted by Gasteiger charge is 2.10. The third kappa shape index (κ3) is 3.29. The Balaban J connectivity index is 1.78. The summed E-state index contributed by atoms with van der Waals surface area (Å²) in [5, 5.41) is 4.47. The van der Waals surface area contributed by atoms with Gasteiger partial charge in [-0.15, -0.1) is 0 Å². The first-order valence-corrected chi connectivity index (χ1v) is 8.56. The van der Waals surface area contributed by atoms with E-state index in [4.69, 9.17) is 9.47 Å². The zero-order chi connectivity index (χ0) is 18.8. The monoisotopic (exact) mass is 360 g/mol. The first-order valence-electron chi connectivity index (χ1n) is 8.56. The Labute approximate surface area is 157 Å². The number of hydrogen-bond acceptors (Lipinski definition) is 5. The number of hydrogen-bond donors (Lipinski definition) is 1. The fourth-order valence-corrected chi connectivity index (χ4v) is 3.13. The molecule has 2 aromatic carbocycles. The van der Waals surface area contributed by atoms with E-state index in [1.807, 2.05) is 29.0 Å². The topological polar surface area (TPSA) is 61.2 Å². The molecular formula is C21H20N4O2. The Morgan fingerprint density at radius 1 is 0.963 bits per heavy atom. The second kappa shape index (κ2) is 6.99. The van der Waals surface area contributed by atoms with Crippen LogP contribution in [0.5, 0.6) is 11.5 Å². The molecule has 0 atom stereocenters.